The van der Waals surface area contributed by atoms with Gasteiger partial charge in [0.1, 0.15) is 0 Å². The maximum atomic E-state index is 12.2. The van der Waals surface area contributed by atoms with Crippen LogP contribution in [-0.4, -0.2) is 47.6 Å². The average Bonchev–Trinajstić information content (AvgIpc) is 2.48. The molecular weight excluding hydrogens is 254 g/mol. The molecule has 2 heterocycles. The molecule has 1 unspecified atom stereocenters. The zero-order valence-electron chi connectivity index (χ0n) is 12.4. The molecule has 0 saturated carbocycles. The van der Waals surface area contributed by atoms with Gasteiger partial charge in [0.15, 0.2) is 0 Å². The van der Waals surface area contributed by atoms with Gasteiger partial charge in [-0.05, 0) is 39.8 Å². The van der Waals surface area contributed by atoms with Gasteiger partial charge in [0, 0.05) is 31.5 Å². The predicted octanol–water partition coefficient (Wildman–Crippen LogP) is 0.560. The van der Waals surface area contributed by atoms with Gasteiger partial charge in [-0.1, -0.05) is 0 Å². The molecule has 1 fully saturated rings. The highest BCUT2D eigenvalue weighted by Gasteiger charge is 2.29. The molecule has 0 aliphatic carbocycles. The van der Waals surface area contributed by atoms with Crippen LogP contribution in [0.2, 0.25) is 0 Å². The maximum Gasteiger partial charge on any atom is 0.239 e. The summed E-state index contributed by atoms with van der Waals surface area (Å²) in [7, 11) is 1.80. The number of anilines is 1. The normalized spacial score (nSPS) is 19.8. The van der Waals surface area contributed by atoms with E-state index in [0.717, 1.165) is 31.9 Å². The molecular formula is C14H23N5O. The van der Waals surface area contributed by atoms with Crippen LogP contribution < -0.4 is 15.5 Å². The standard InChI is InChI=1S/C14H23N5O/c1-14(2,15-3)12(20)18-11-6-4-9-19(10-11)13-16-7-5-8-17-13/h5,7-8,11,15H,4,6,9-10H2,1-3H3,(H,18,20). The smallest absolute Gasteiger partial charge is 0.239 e. The first-order valence-corrected chi connectivity index (χ1v) is 7.05. The second-order valence-electron chi connectivity index (χ2n) is 5.68. The zero-order chi connectivity index (χ0) is 14.6. The minimum absolute atomic E-state index is 0.0285. The van der Waals surface area contributed by atoms with Gasteiger partial charge >= 0.3 is 0 Å². The number of carbonyl (C=O) groups is 1. The van der Waals surface area contributed by atoms with Crippen LogP contribution in [0.25, 0.3) is 0 Å². The third-order valence-electron chi connectivity index (χ3n) is 3.78. The van der Waals surface area contributed by atoms with Gasteiger partial charge in [-0.2, -0.15) is 0 Å². The van der Waals surface area contributed by atoms with Crippen molar-refractivity contribution in [1.82, 2.24) is 20.6 Å². The van der Waals surface area contributed by atoms with E-state index in [1.807, 2.05) is 19.9 Å². The molecule has 0 radical (unpaired) electrons. The molecule has 110 valence electrons. The summed E-state index contributed by atoms with van der Waals surface area (Å²) in [4.78, 5) is 22.9. The van der Waals surface area contributed by atoms with Crippen molar-refractivity contribution in [3.63, 3.8) is 0 Å². The summed E-state index contributed by atoms with van der Waals surface area (Å²) in [6.07, 6.45) is 5.52. The number of nitrogens with zero attached hydrogens (tertiary/aromatic N) is 3. The Morgan fingerprint density at radius 1 is 1.40 bits per heavy atom. The lowest BCUT2D eigenvalue weighted by Gasteiger charge is -2.35. The Kier molecular flexibility index (Phi) is 4.54. The largest absolute Gasteiger partial charge is 0.350 e. The van der Waals surface area contributed by atoms with Crippen molar-refractivity contribution in [1.29, 1.82) is 0 Å². The molecule has 0 bridgehead atoms. The number of piperidine rings is 1. The maximum absolute atomic E-state index is 12.2. The van der Waals surface area contributed by atoms with Crippen molar-refractivity contribution in [2.24, 2.45) is 0 Å². The number of rotatable bonds is 4. The Labute approximate surface area is 120 Å². The quantitative estimate of drug-likeness (QED) is 0.841. The Morgan fingerprint density at radius 2 is 2.10 bits per heavy atom. The van der Waals surface area contributed by atoms with Crippen molar-refractivity contribution in [2.75, 3.05) is 25.0 Å². The predicted molar refractivity (Wildman–Crippen MR) is 78.5 cm³/mol. The van der Waals surface area contributed by atoms with Crippen LogP contribution in [0.15, 0.2) is 18.5 Å². The van der Waals surface area contributed by atoms with Gasteiger partial charge < -0.3 is 15.5 Å². The van der Waals surface area contributed by atoms with Crippen LogP contribution in [0.1, 0.15) is 26.7 Å². The van der Waals surface area contributed by atoms with E-state index in [1.54, 1.807) is 19.4 Å². The summed E-state index contributed by atoms with van der Waals surface area (Å²) in [5.74, 6) is 0.764. The molecule has 1 amide bonds. The number of amides is 1. The first-order valence-electron chi connectivity index (χ1n) is 7.05. The summed E-state index contributed by atoms with van der Waals surface area (Å²) < 4.78 is 0. The van der Waals surface area contributed by atoms with Gasteiger partial charge in [0.05, 0.1) is 5.54 Å². The minimum atomic E-state index is -0.550. The van der Waals surface area contributed by atoms with Gasteiger partial charge in [-0.3, -0.25) is 4.79 Å². The lowest BCUT2D eigenvalue weighted by molar-refractivity contribution is -0.127. The van der Waals surface area contributed by atoms with Crippen LogP contribution in [0.3, 0.4) is 0 Å². The Hall–Kier alpha value is -1.69. The number of hydrogen-bond donors (Lipinski definition) is 2. The number of carbonyl (C=O) groups excluding carboxylic acids is 1. The lowest BCUT2D eigenvalue weighted by Crippen LogP contribution is -2.57. The first kappa shape index (κ1) is 14.7. The van der Waals surface area contributed by atoms with E-state index in [9.17, 15) is 4.79 Å². The molecule has 1 aromatic heterocycles. The molecule has 1 aliphatic rings. The van der Waals surface area contributed by atoms with Crippen molar-refractivity contribution >= 4 is 11.9 Å². The van der Waals surface area contributed by atoms with Gasteiger partial charge in [-0.25, -0.2) is 9.97 Å². The van der Waals surface area contributed by atoms with E-state index in [0.29, 0.717) is 0 Å². The molecule has 6 nitrogen and oxygen atoms in total. The third-order valence-corrected chi connectivity index (χ3v) is 3.78. The fourth-order valence-electron chi connectivity index (χ4n) is 2.21. The summed E-state index contributed by atoms with van der Waals surface area (Å²) in [5.41, 5.74) is -0.550. The molecule has 6 heteroatoms. The average molecular weight is 277 g/mol. The van der Waals surface area contributed by atoms with E-state index in [4.69, 9.17) is 0 Å². The van der Waals surface area contributed by atoms with E-state index >= 15 is 0 Å². The monoisotopic (exact) mass is 277 g/mol. The van der Waals surface area contributed by atoms with E-state index in [2.05, 4.69) is 25.5 Å². The van der Waals surface area contributed by atoms with Gasteiger partial charge in [-0.15, -0.1) is 0 Å². The Balaban J connectivity index is 1.96. The number of hydrogen-bond acceptors (Lipinski definition) is 5. The molecule has 1 atom stereocenters. The summed E-state index contributed by atoms with van der Waals surface area (Å²) in [6.45, 7) is 5.45. The number of likely N-dealkylation sites (N-methyl/N-ethyl adjacent to an activating group) is 1. The molecule has 1 aromatic rings. The van der Waals surface area contributed by atoms with E-state index in [1.165, 1.54) is 0 Å². The Bertz CT molecular complexity index is 448. The highest BCUT2D eigenvalue weighted by atomic mass is 16.2. The first-order chi connectivity index (χ1) is 9.53. The molecule has 0 spiro atoms. The molecule has 2 rings (SSSR count). The van der Waals surface area contributed by atoms with E-state index in [-0.39, 0.29) is 11.9 Å². The van der Waals surface area contributed by atoms with Crippen LogP contribution in [-0.2, 0) is 4.79 Å². The molecule has 1 aliphatic heterocycles. The molecule has 0 aromatic carbocycles. The van der Waals surface area contributed by atoms with Crippen LogP contribution in [0.5, 0.6) is 0 Å². The lowest BCUT2D eigenvalue weighted by atomic mass is 10.0. The Morgan fingerprint density at radius 3 is 2.75 bits per heavy atom. The summed E-state index contributed by atoms with van der Waals surface area (Å²) in [5, 5.41) is 6.13. The van der Waals surface area contributed by atoms with Crippen molar-refractivity contribution in [3.05, 3.63) is 18.5 Å². The molecule has 1 saturated heterocycles. The minimum Gasteiger partial charge on any atom is -0.350 e. The third kappa shape index (κ3) is 3.45. The summed E-state index contributed by atoms with van der Waals surface area (Å²) in [6, 6.07) is 1.95. The summed E-state index contributed by atoms with van der Waals surface area (Å²) >= 11 is 0. The van der Waals surface area contributed by atoms with Crippen LogP contribution >= 0.6 is 0 Å². The SMILES string of the molecule is CNC(C)(C)C(=O)NC1CCCN(c2ncccn2)C1. The highest BCUT2D eigenvalue weighted by molar-refractivity contribution is 5.85. The number of nitrogens with one attached hydrogen (secondary N) is 2. The fourth-order valence-corrected chi connectivity index (χ4v) is 2.21. The van der Waals surface area contributed by atoms with Gasteiger partial charge in [0.25, 0.3) is 0 Å². The van der Waals surface area contributed by atoms with Crippen molar-refractivity contribution < 1.29 is 4.79 Å². The van der Waals surface area contributed by atoms with E-state index < -0.39 is 5.54 Å². The van der Waals surface area contributed by atoms with Crippen molar-refractivity contribution in [3.8, 4) is 0 Å². The zero-order valence-corrected chi connectivity index (χ0v) is 12.4. The molecule has 2 N–H and O–H groups in total. The van der Waals surface area contributed by atoms with Crippen molar-refractivity contribution in [2.45, 2.75) is 38.3 Å². The number of aromatic nitrogens is 2. The van der Waals surface area contributed by atoms with Crippen LogP contribution in [0, 0.1) is 0 Å². The molecule has 20 heavy (non-hydrogen) atoms. The second-order valence-corrected chi connectivity index (χ2v) is 5.68. The highest BCUT2D eigenvalue weighted by Crippen LogP contribution is 2.16. The van der Waals surface area contributed by atoms with Crippen LogP contribution in [0.4, 0.5) is 5.95 Å². The second kappa shape index (κ2) is 6.17. The topological polar surface area (TPSA) is 70.2 Å². The van der Waals surface area contributed by atoms with Gasteiger partial charge in [0.2, 0.25) is 11.9 Å². The fraction of sp³-hybridized carbons (Fsp3) is 0.643.